The SMILES string of the molecule is CCc1ccc(-c2cc3cc[n+](C)c4c5c(C)ccc6c7ccccc7n(c(c2)c34)c65)cc1. The first kappa shape index (κ1) is 18.6. The molecule has 0 aliphatic carbocycles. The average molecular weight is 426 g/mol. The van der Waals surface area contributed by atoms with Gasteiger partial charge in [-0.05, 0) is 59.2 Å². The predicted molar refractivity (Wildman–Crippen MR) is 139 cm³/mol. The van der Waals surface area contributed by atoms with Gasteiger partial charge in [-0.3, -0.25) is 0 Å². The Balaban J connectivity index is 1.76. The third kappa shape index (κ3) is 2.41. The quantitative estimate of drug-likeness (QED) is 0.155. The third-order valence-electron chi connectivity index (χ3n) is 7.43. The summed E-state index contributed by atoms with van der Waals surface area (Å²) in [4.78, 5) is 0. The Kier molecular flexibility index (Phi) is 3.70. The van der Waals surface area contributed by atoms with Crippen molar-refractivity contribution in [1.82, 2.24) is 4.40 Å². The molecule has 0 saturated heterocycles. The van der Waals surface area contributed by atoms with Crippen LogP contribution in [-0.4, -0.2) is 4.40 Å². The van der Waals surface area contributed by atoms with E-state index in [2.05, 4.69) is 115 Å². The van der Waals surface area contributed by atoms with E-state index in [4.69, 9.17) is 0 Å². The van der Waals surface area contributed by atoms with Crippen molar-refractivity contribution in [3.63, 3.8) is 0 Å². The average Bonchev–Trinajstić information content (AvgIpc) is 3.19. The molecule has 0 N–H and O–H groups in total. The molecule has 7 rings (SSSR count). The fourth-order valence-corrected chi connectivity index (χ4v) is 5.77. The largest absolute Gasteiger partial charge is 0.307 e. The Morgan fingerprint density at radius 2 is 1.58 bits per heavy atom. The van der Waals surface area contributed by atoms with Crippen LogP contribution in [0.1, 0.15) is 18.1 Å². The molecule has 0 aliphatic rings. The van der Waals surface area contributed by atoms with Crippen molar-refractivity contribution in [2.24, 2.45) is 7.05 Å². The van der Waals surface area contributed by atoms with Gasteiger partial charge in [-0.1, -0.05) is 61.5 Å². The molecule has 33 heavy (non-hydrogen) atoms. The van der Waals surface area contributed by atoms with Gasteiger partial charge in [0, 0.05) is 16.8 Å². The molecule has 0 atom stereocenters. The van der Waals surface area contributed by atoms with E-state index < -0.39 is 0 Å². The lowest BCUT2D eigenvalue weighted by Crippen LogP contribution is -2.28. The van der Waals surface area contributed by atoms with Crippen molar-refractivity contribution in [2.45, 2.75) is 20.3 Å². The number of nitrogens with zero attached hydrogens (tertiary/aromatic N) is 2. The number of aryl methyl sites for hydroxylation is 3. The van der Waals surface area contributed by atoms with Gasteiger partial charge in [0.05, 0.1) is 27.3 Å². The van der Waals surface area contributed by atoms with E-state index in [0.717, 1.165) is 6.42 Å². The van der Waals surface area contributed by atoms with Crippen molar-refractivity contribution < 1.29 is 4.57 Å². The lowest BCUT2D eigenvalue weighted by Gasteiger charge is -2.14. The van der Waals surface area contributed by atoms with Crippen molar-refractivity contribution in [2.75, 3.05) is 0 Å². The van der Waals surface area contributed by atoms with Crippen molar-refractivity contribution in [3.8, 4) is 11.1 Å². The molecular formula is C31H25N2+. The molecule has 4 aromatic carbocycles. The first-order valence-corrected chi connectivity index (χ1v) is 11.7. The van der Waals surface area contributed by atoms with Crippen molar-refractivity contribution >= 4 is 49.0 Å². The van der Waals surface area contributed by atoms with Crippen LogP contribution >= 0.6 is 0 Å². The summed E-state index contributed by atoms with van der Waals surface area (Å²) in [5, 5.41) is 6.61. The summed E-state index contributed by atoms with van der Waals surface area (Å²) in [6.45, 7) is 4.45. The fraction of sp³-hybridized carbons (Fsp3) is 0.129. The summed E-state index contributed by atoms with van der Waals surface area (Å²) in [6, 6.07) is 29.4. The molecule has 0 amide bonds. The van der Waals surface area contributed by atoms with Crippen LogP contribution in [0.5, 0.6) is 0 Å². The highest BCUT2D eigenvalue weighted by Gasteiger charge is 2.24. The van der Waals surface area contributed by atoms with Gasteiger partial charge in [-0.25, -0.2) is 4.57 Å². The smallest absolute Gasteiger partial charge is 0.224 e. The number of hydrogen-bond acceptors (Lipinski definition) is 0. The van der Waals surface area contributed by atoms with Crippen LogP contribution in [0, 0.1) is 6.92 Å². The molecular weight excluding hydrogens is 400 g/mol. The topological polar surface area (TPSA) is 8.29 Å². The minimum atomic E-state index is 1.06. The van der Waals surface area contributed by atoms with Gasteiger partial charge in [-0.2, -0.15) is 0 Å². The molecule has 2 heteroatoms. The number of hydrogen-bond donors (Lipinski definition) is 0. The monoisotopic (exact) mass is 425 g/mol. The van der Waals surface area contributed by atoms with E-state index in [1.807, 2.05) is 0 Å². The Morgan fingerprint density at radius 3 is 2.39 bits per heavy atom. The fourth-order valence-electron chi connectivity index (χ4n) is 5.77. The molecule has 0 aliphatic heterocycles. The van der Waals surface area contributed by atoms with Crippen LogP contribution in [0.3, 0.4) is 0 Å². The van der Waals surface area contributed by atoms with E-state index >= 15 is 0 Å². The molecule has 0 bridgehead atoms. The van der Waals surface area contributed by atoms with Gasteiger partial charge in [-0.15, -0.1) is 0 Å². The molecule has 7 aromatic rings. The third-order valence-corrected chi connectivity index (χ3v) is 7.43. The maximum atomic E-state index is 2.51. The number of pyridine rings is 2. The maximum Gasteiger partial charge on any atom is 0.224 e. The molecule has 0 saturated carbocycles. The normalized spacial score (nSPS) is 12.2. The lowest BCUT2D eigenvalue weighted by atomic mass is 9.96. The zero-order valence-electron chi connectivity index (χ0n) is 19.2. The molecule has 158 valence electrons. The molecule has 0 unspecified atom stereocenters. The zero-order valence-corrected chi connectivity index (χ0v) is 19.2. The van der Waals surface area contributed by atoms with E-state index in [9.17, 15) is 0 Å². The van der Waals surface area contributed by atoms with Gasteiger partial charge in [0.1, 0.15) is 7.05 Å². The second kappa shape index (κ2) is 6.55. The number of para-hydroxylation sites is 1. The van der Waals surface area contributed by atoms with Gasteiger partial charge in [0.15, 0.2) is 6.20 Å². The minimum Gasteiger partial charge on any atom is -0.307 e. The molecule has 0 fully saturated rings. The van der Waals surface area contributed by atoms with E-state index in [0.29, 0.717) is 0 Å². The van der Waals surface area contributed by atoms with Gasteiger partial charge in [0.25, 0.3) is 0 Å². The van der Waals surface area contributed by atoms with E-state index in [1.54, 1.807) is 0 Å². The van der Waals surface area contributed by atoms with Crippen molar-refractivity contribution in [3.05, 3.63) is 96.2 Å². The highest BCUT2D eigenvalue weighted by molar-refractivity contribution is 6.26. The second-order valence-electron chi connectivity index (χ2n) is 9.29. The summed E-state index contributed by atoms with van der Waals surface area (Å²) in [5.74, 6) is 0. The second-order valence-corrected chi connectivity index (χ2v) is 9.29. The summed E-state index contributed by atoms with van der Waals surface area (Å²) < 4.78 is 4.80. The van der Waals surface area contributed by atoms with Crippen LogP contribution in [0.25, 0.3) is 60.1 Å². The first-order valence-electron chi connectivity index (χ1n) is 11.7. The van der Waals surface area contributed by atoms with Crippen LogP contribution < -0.4 is 4.57 Å². The van der Waals surface area contributed by atoms with Gasteiger partial charge >= 0.3 is 0 Å². The molecule has 2 nitrogen and oxygen atoms in total. The summed E-state index contributed by atoms with van der Waals surface area (Å²) in [7, 11) is 2.17. The highest BCUT2D eigenvalue weighted by Crippen LogP contribution is 2.41. The van der Waals surface area contributed by atoms with E-state index in [1.165, 1.54) is 71.3 Å². The Morgan fingerprint density at radius 1 is 0.758 bits per heavy atom. The standard InChI is InChI=1S/C31H25N2/c1-4-20-10-12-21(13-11-20)23-17-22-15-16-32(3)31-28-19(2)9-14-25-24-7-5-6-8-26(24)33(30(25)28)27(18-23)29(22)31/h5-18H,4H2,1-3H3/q+1. The summed E-state index contributed by atoms with van der Waals surface area (Å²) >= 11 is 0. The van der Waals surface area contributed by atoms with Crippen LogP contribution in [0.4, 0.5) is 0 Å². The van der Waals surface area contributed by atoms with Crippen LogP contribution in [0.15, 0.2) is 85.1 Å². The van der Waals surface area contributed by atoms with Crippen LogP contribution in [-0.2, 0) is 13.5 Å². The summed E-state index contributed by atoms with van der Waals surface area (Å²) in [5.41, 5.74) is 10.4. The molecule has 0 spiro atoms. The number of benzene rings is 4. The lowest BCUT2D eigenvalue weighted by molar-refractivity contribution is -0.643. The van der Waals surface area contributed by atoms with Crippen molar-refractivity contribution in [1.29, 1.82) is 0 Å². The molecule has 0 radical (unpaired) electrons. The Labute approximate surface area is 192 Å². The highest BCUT2D eigenvalue weighted by atomic mass is 15.0. The Hall–Kier alpha value is -3.91. The summed E-state index contributed by atoms with van der Waals surface area (Å²) in [6.07, 6.45) is 3.27. The first-order chi connectivity index (χ1) is 16.2. The van der Waals surface area contributed by atoms with E-state index in [-0.39, 0.29) is 0 Å². The zero-order chi connectivity index (χ0) is 22.3. The van der Waals surface area contributed by atoms with Gasteiger partial charge < -0.3 is 4.40 Å². The maximum absolute atomic E-state index is 2.51. The minimum absolute atomic E-state index is 1.06. The number of rotatable bonds is 2. The van der Waals surface area contributed by atoms with Gasteiger partial charge in [0.2, 0.25) is 5.52 Å². The Bertz CT molecular complexity index is 1850. The molecule has 3 aromatic heterocycles. The van der Waals surface area contributed by atoms with Crippen LogP contribution in [0.2, 0.25) is 0 Å². The number of fused-ring (bicyclic) bond motifs is 5. The predicted octanol–water partition coefficient (Wildman–Crippen LogP) is 7.35. The molecule has 3 heterocycles. The number of aromatic nitrogens is 2.